The van der Waals surface area contributed by atoms with Gasteiger partial charge in [0, 0.05) is 52.2 Å². The van der Waals surface area contributed by atoms with Crippen LogP contribution in [0, 0.1) is 6.92 Å². The van der Waals surface area contributed by atoms with Crippen LogP contribution in [-0.4, -0.2) is 60.7 Å². The van der Waals surface area contributed by atoms with E-state index in [1.807, 2.05) is 37.6 Å². The molecular formula is C20H27N5O. The summed E-state index contributed by atoms with van der Waals surface area (Å²) in [5, 5.41) is 13.5. The van der Waals surface area contributed by atoms with Crippen molar-refractivity contribution in [3.8, 4) is 5.75 Å². The number of aliphatic imine (C=N–C) groups is 1. The van der Waals surface area contributed by atoms with Crippen molar-refractivity contribution in [1.29, 1.82) is 0 Å². The molecule has 2 aromatic rings. The molecule has 0 amide bonds. The Labute approximate surface area is 155 Å². The number of para-hydroxylation sites is 2. The van der Waals surface area contributed by atoms with Gasteiger partial charge in [0.15, 0.2) is 5.96 Å². The van der Waals surface area contributed by atoms with E-state index < -0.39 is 0 Å². The first kappa shape index (κ1) is 18.0. The third kappa shape index (κ3) is 4.25. The number of guanidine groups is 1. The fraction of sp³-hybridized carbons (Fsp3) is 0.400. The zero-order valence-corrected chi connectivity index (χ0v) is 15.5. The van der Waals surface area contributed by atoms with E-state index in [0.717, 1.165) is 50.8 Å². The van der Waals surface area contributed by atoms with Crippen LogP contribution in [0.1, 0.15) is 11.1 Å². The highest BCUT2D eigenvalue weighted by atomic mass is 16.3. The molecule has 0 bridgehead atoms. The highest BCUT2D eigenvalue weighted by molar-refractivity contribution is 5.80. The minimum atomic E-state index is 0.344. The molecular weight excluding hydrogens is 326 g/mol. The summed E-state index contributed by atoms with van der Waals surface area (Å²) in [6.45, 7) is 6.42. The second kappa shape index (κ2) is 8.56. The highest BCUT2D eigenvalue weighted by Gasteiger charge is 2.21. The molecule has 0 saturated carbocycles. The van der Waals surface area contributed by atoms with E-state index in [1.165, 1.54) is 11.1 Å². The number of piperazine rings is 1. The molecule has 1 aliphatic heterocycles. The van der Waals surface area contributed by atoms with Crippen molar-refractivity contribution in [2.45, 2.75) is 13.3 Å². The van der Waals surface area contributed by atoms with Gasteiger partial charge in [-0.3, -0.25) is 9.98 Å². The molecule has 1 aromatic carbocycles. The summed E-state index contributed by atoms with van der Waals surface area (Å²) < 4.78 is 0. The van der Waals surface area contributed by atoms with Crippen LogP contribution in [0.5, 0.6) is 5.75 Å². The Morgan fingerprint density at radius 2 is 1.96 bits per heavy atom. The normalized spacial score (nSPS) is 15.2. The number of benzene rings is 1. The van der Waals surface area contributed by atoms with Crippen LogP contribution in [0.4, 0.5) is 5.69 Å². The number of hydrogen-bond donors (Lipinski definition) is 2. The molecule has 1 aromatic heterocycles. The Balaban J connectivity index is 1.51. The summed E-state index contributed by atoms with van der Waals surface area (Å²) >= 11 is 0. The van der Waals surface area contributed by atoms with Crippen molar-refractivity contribution in [2.75, 3.05) is 44.7 Å². The largest absolute Gasteiger partial charge is 0.506 e. The molecule has 0 spiro atoms. The molecule has 0 unspecified atom stereocenters. The van der Waals surface area contributed by atoms with Gasteiger partial charge in [-0.15, -0.1) is 0 Å². The summed E-state index contributed by atoms with van der Waals surface area (Å²) in [5.41, 5.74) is 3.44. The Kier molecular flexibility index (Phi) is 5.94. The Bertz CT molecular complexity index is 753. The second-order valence-corrected chi connectivity index (χ2v) is 6.49. The average Bonchev–Trinajstić information content (AvgIpc) is 2.67. The van der Waals surface area contributed by atoms with Crippen LogP contribution in [0.2, 0.25) is 0 Å². The lowest BCUT2D eigenvalue weighted by Crippen LogP contribution is -2.52. The van der Waals surface area contributed by atoms with Gasteiger partial charge in [0.25, 0.3) is 0 Å². The predicted octanol–water partition coefficient (Wildman–Crippen LogP) is 2.04. The number of aromatic hydroxyl groups is 1. The number of aromatic nitrogens is 1. The lowest BCUT2D eigenvalue weighted by atomic mass is 10.1. The molecule has 138 valence electrons. The van der Waals surface area contributed by atoms with Gasteiger partial charge in [-0.05, 0) is 42.7 Å². The van der Waals surface area contributed by atoms with Crippen molar-refractivity contribution in [3.63, 3.8) is 0 Å². The molecule has 26 heavy (non-hydrogen) atoms. The number of anilines is 1. The van der Waals surface area contributed by atoms with Gasteiger partial charge in [0.05, 0.1) is 5.69 Å². The number of rotatable bonds is 4. The van der Waals surface area contributed by atoms with Crippen LogP contribution < -0.4 is 10.2 Å². The number of hydrogen-bond acceptors (Lipinski definition) is 4. The smallest absolute Gasteiger partial charge is 0.193 e. The van der Waals surface area contributed by atoms with E-state index in [0.29, 0.717) is 5.75 Å². The van der Waals surface area contributed by atoms with Crippen LogP contribution in [0.15, 0.2) is 47.7 Å². The fourth-order valence-electron chi connectivity index (χ4n) is 3.31. The van der Waals surface area contributed by atoms with E-state index >= 15 is 0 Å². The van der Waals surface area contributed by atoms with Crippen LogP contribution in [-0.2, 0) is 6.42 Å². The average molecular weight is 353 g/mol. The van der Waals surface area contributed by atoms with Gasteiger partial charge < -0.3 is 20.2 Å². The van der Waals surface area contributed by atoms with Crippen molar-refractivity contribution in [2.24, 2.45) is 4.99 Å². The van der Waals surface area contributed by atoms with Crippen LogP contribution in [0.25, 0.3) is 0 Å². The molecule has 3 rings (SSSR count). The van der Waals surface area contributed by atoms with E-state index in [4.69, 9.17) is 0 Å². The number of phenols is 1. The SMILES string of the molecule is CN=C(NCCc1ccncc1C)N1CCN(c2ccccc2O)CC1. The molecule has 0 aliphatic carbocycles. The number of phenolic OH excluding ortho intramolecular Hbond substituents is 1. The summed E-state index contributed by atoms with van der Waals surface area (Å²) in [7, 11) is 1.83. The van der Waals surface area contributed by atoms with Gasteiger partial charge in [0.1, 0.15) is 5.75 Å². The lowest BCUT2D eigenvalue weighted by Gasteiger charge is -2.37. The van der Waals surface area contributed by atoms with Gasteiger partial charge in [0.2, 0.25) is 0 Å². The second-order valence-electron chi connectivity index (χ2n) is 6.49. The number of nitrogens with zero attached hydrogens (tertiary/aromatic N) is 4. The van der Waals surface area contributed by atoms with E-state index in [1.54, 1.807) is 6.07 Å². The summed E-state index contributed by atoms with van der Waals surface area (Å²) in [6, 6.07) is 9.59. The molecule has 2 heterocycles. The number of pyridine rings is 1. The van der Waals surface area contributed by atoms with E-state index in [2.05, 4.69) is 38.1 Å². The molecule has 1 fully saturated rings. The lowest BCUT2D eigenvalue weighted by molar-refractivity contribution is 0.370. The maximum Gasteiger partial charge on any atom is 0.193 e. The molecule has 2 N–H and O–H groups in total. The fourth-order valence-corrected chi connectivity index (χ4v) is 3.31. The van der Waals surface area contributed by atoms with E-state index in [-0.39, 0.29) is 0 Å². The highest BCUT2D eigenvalue weighted by Crippen LogP contribution is 2.27. The molecule has 0 atom stereocenters. The molecule has 1 aliphatic rings. The standard InChI is InChI=1S/C20H27N5O/c1-16-15-22-9-7-17(16)8-10-23-20(21-2)25-13-11-24(12-14-25)18-5-3-4-6-19(18)26/h3-7,9,15,26H,8,10-14H2,1-2H3,(H,21,23). The van der Waals surface area contributed by atoms with Gasteiger partial charge in [-0.2, -0.15) is 0 Å². The number of aryl methyl sites for hydroxylation is 1. The van der Waals surface area contributed by atoms with Gasteiger partial charge >= 0.3 is 0 Å². The Morgan fingerprint density at radius 3 is 2.65 bits per heavy atom. The van der Waals surface area contributed by atoms with Gasteiger partial charge in [-0.25, -0.2) is 0 Å². The maximum atomic E-state index is 10.0. The summed E-state index contributed by atoms with van der Waals surface area (Å²) in [4.78, 5) is 13.1. The molecule has 6 heteroatoms. The third-order valence-electron chi connectivity index (χ3n) is 4.83. The molecule has 1 saturated heterocycles. The molecule has 6 nitrogen and oxygen atoms in total. The van der Waals surface area contributed by atoms with E-state index in [9.17, 15) is 5.11 Å². The zero-order valence-electron chi connectivity index (χ0n) is 15.5. The van der Waals surface area contributed by atoms with Crippen LogP contribution >= 0.6 is 0 Å². The summed E-state index contributed by atoms with van der Waals surface area (Å²) in [6.07, 6.45) is 4.70. The van der Waals surface area contributed by atoms with Gasteiger partial charge in [-0.1, -0.05) is 12.1 Å². The Morgan fingerprint density at radius 1 is 1.19 bits per heavy atom. The number of nitrogens with one attached hydrogen (secondary N) is 1. The minimum absolute atomic E-state index is 0.344. The summed E-state index contributed by atoms with van der Waals surface area (Å²) in [5.74, 6) is 1.28. The van der Waals surface area contributed by atoms with Crippen molar-refractivity contribution in [1.82, 2.24) is 15.2 Å². The maximum absolute atomic E-state index is 10.0. The monoisotopic (exact) mass is 353 g/mol. The molecule has 0 radical (unpaired) electrons. The predicted molar refractivity (Wildman–Crippen MR) is 106 cm³/mol. The quantitative estimate of drug-likeness (QED) is 0.650. The minimum Gasteiger partial charge on any atom is -0.506 e. The zero-order chi connectivity index (χ0) is 18.4. The first-order valence-electron chi connectivity index (χ1n) is 9.07. The topological polar surface area (TPSA) is 64.0 Å². The van der Waals surface area contributed by atoms with Crippen molar-refractivity contribution >= 4 is 11.6 Å². The van der Waals surface area contributed by atoms with Crippen molar-refractivity contribution in [3.05, 3.63) is 53.9 Å². The Hall–Kier alpha value is -2.76. The first-order chi connectivity index (χ1) is 12.7. The van der Waals surface area contributed by atoms with Crippen molar-refractivity contribution < 1.29 is 5.11 Å². The first-order valence-corrected chi connectivity index (χ1v) is 9.07. The third-order valence-corrected chi connectivity index (χ3v) is 4.83. The van der Waals surface area contributed by atoms with Crippen LogP contribution in [0.3, 0.4) is 0 Å².